The predicted octanol–water partition coefficient (Wildman–Crippen LogP) is 3.92. The monoisotopic (exact) mass is 285 g/mol. The van der Waals surface area contributed by atoms with E-state index >= 15 is 0 Å². The van der Waals surface area contributed by atoms with Crippen molar-refractivity contribution in [1.29, 1.82) is 0 Å². The Morgan fingerprint density at radius 3 is 2.57 bits per heavy atom. The highest BCUT2D eigenvalue weighted by Crippen LogP contribution is 2.29. The van der Waals surface area contributed by atoms with Gasteiger partial charge in [0, 0.05) is 5.56 Å². The zero-order valence-electron chi connectivity index (χ0n) is 12.7. The van der Waals surface area contributed by atoms with Gasteiger partial charge in [-0.05, 0) is 37.1 Å². The van der Waals surface area contributed by atoms with Gasteiger partial charge in [-0.3, -0.25) is 0 Å². The summed E-state index contributed by atoms with van der Waals surface area (Å²) < 4.78 is 11.3. The lowest BCUT2D eigenvalue weighted by Gasteiger charge is -2.17. The number of hydrogen-bond acceptors (Lipinski definition) is 3. The molecule has 3 nitrogen and oxygen atoms in total. The number of ether oxygens (including phenoxy) is 2. The number of hydrogen-bond donors (Lipinski definition) is 1. The van der Waals surface area contributed by atoms with Crippen LogP contribution in [0.3, 0.4) is 0 Å². The number of para-hydroxylation sites is 1. The molecule has 2 aromatic carbocycles. The Morgan fingerprint density at radius 1 is 1.00 bits per heavy atom. The predicted molar refractivity (Wildman–Crippen MR) is 85.9 cm³/mol. The van der Waals surface area contributed by atoms with Crippen molar-refractivity contribution >= 4 is 0 Å². The van der Waals surface area contributed by atoms with Crippen LogP contribution in [-0.2, 0) is 0 Å². The van der Waals surface area contributed by atoms with Gasteiger partial charge in [-0.1, -0.05) is 37.3 Å². The van der Waals surface area contributed by atoms with Crippen LogP contribution in [0.1, 0.15) is 37.4 Å². The summed E-state index contributed by atoms with van der Waals surface area (Å²) in [5, 5.41) is 0. The Kier molecular flexibility index (Phi) is 5.64. The molecule has 0 amide bonds. The summed E-state index contributed by atoms with van der Waals surface area (Å²) in [6.07, 6.45) is 0.990. The van der Waals surface area contributed by atoms with Gasteiger partial charge in [0.05, 0.1) is 19.3 Å². The molecule has 1 unspecified atom stereocenters. The molecule has 0 spiro atoms. The largest absolute Gasteiger partial charge is 0.494 e. The molecule has 0 fully saturated rings. The Morgan fingerprint density at radius 2 is 1.81 bits per heavy atom. The topological polar surface area (TPSA) is 44.5 Å². The maximum atomic E-state index is 6.41. The van der Waals surface area contributed by atoms with Crippen molar-refractivity contribution in [2.24, 2.45) is 5.73 Å². The molecule has 0 heterocycles. The summed E-state index contributed by atoms with van der Waals surface area (Å²) in [7, 11) is 0. The van der Waals surface area contributed by atoms with Crippen LogP contribution in [0.15, 0.2) is 48.5 Å². The molecule has 3 heteroatoms. The molecule has 2 aromatic rings. The van der Waals surface area contributed by atoms with Crippen LogP contribution in [-0.4, -0.2) is 13.2 Å². The lowest BCUT2D eigenvalue weighted by Crippen LogP contribution is -2.13. The summed E-state index contributed by atoms with van der Waals surface area (Å²) in [6.45, 7) is 5.41. The average Bonchev–Trinajstić information content (AvgIpc) is 2.53. The van der Waals surface area contributed by atoms with E-state index in [2.05, 4.69) is 6.92 Å². The number of nitrogens with two attached hydrogens (primary N) is 1. The maximum absolute atomic E-state index is 6.41. The Labute approximate surface area is 126 Å². The van der Waals surface area contributed by atoms with Gasteiger partial charge < -0.3 is 15.2 Å². The summed E-state index contributed by atoms with van der Waals surface area (Å²) in [5.41, 5.74) is 8.43. The highest BCUT2D eigenvalue weighted by Gasteiger charge is 2.14. The van der Waals surface area contributed by atoms with Gasteiger partial charge in [0.1, 0.15) is 11.5 Å². The van der Waals surface area contributed by atoms with Gasteiger partial charge in [0.25, 0.3) is 0 Å². The zero-order chi connectivity index (χ0) is 15.1. The molecule has 2 rings (SSSR count). The van der Waals surface area contributed by atoms with E-state index in [4.69, 9.17) is 15.2 Å². The van der Waals surface area contributed by atoms with Crippen molar-refractivity contribution in [1.82, 2.24) is 0 Å². The van der Waals surface area contributed by atoms with Gasteiger partial charge in [0.2, 0.25) is 0 Å². The Hall–Kier alpha value is -2.00. The lowest BCUT2D eigenvalue weighted by molar-refractivity contribution is 0.317. The molecular formula is C18H23NO2. The van der Waals surface area contributed by atoms with E-state index in [1.54, 1.807) is 0 Å². The number of benzene rings is 2. The Bertz CT molecular complexity index is 569. The van der Waals surface area contributed by atoms with Crippen molar-refractivity contribution in [2.45, 2.75) is 26.3 Å². The highest BCUT2D eigenvalue weighted by molar-refractivity contribution is 5.43. The highest BCUT2D eigenvalue weighted by atomic mass is 16.5. The fourth-order valence-electron chi connectivity index (χ4n) is 2.22. The molecule has 21 heavy (non-hydrogen) atoms. The first-order valence-electron chi connectivity index (χ1n) is 7.46. The van der Waals surface area contributed by atoms with E-state index in [1.165, 1.54) is 0 Å². The SMILES string of the molecule is CCCOc1cccc(C(N)c2ccccc2OCC)c1. The molecule has 0 saturated carbocycles. The van der Waals surface area contributed by atoms with Crippen molar-refractivity contribution in [2.75, 3.05) is 13.2 Å². The first-order valence-corrected chi connectivity index (χ1v) is 7.46. The van der Waals surface area contributed by atoms with Crippen molar-refractivity contribution in [3.8, 4) is 11.5 Å². The zero-order valence-corrected chi connectivity index (χ0v) is 12.7. The van der Waals surface area contributed by atoms with Gasteiger partial charge in [0.15, 0.2) is 0 Å². The second-order valence-corrected chi connectivity index (χ2v) is 4.87. The third-order valence-corrected chi connectivity index (χ3v) is 3.24. The van der Waals surface area contributed by atoms with E-state index in [1.807, 2.05) is 55.5 Å². The first-order chi connectivity index (χ1) is 10.3. The van der Waals surface area contributed by atoms with Crippen molar-refractivity contribution in [3.63, 3.8) is 0 Å². The molecule has 0 aromatic heterocycles. The summed E-state index contributed by atoms with van der Waals surface area (Å²) in [5.74, 6) is 1.70. The molecule has 0 bridgehead atoms. The minimum Gasteiger partial charge on any atom is -0.494 e. The van der Waals surface area contributed by atoms with Crippen LogP contribution in [0.25, 0.3) is 0 Å². The third-order valence-electron chi connectivity index (χ3n) is 3.24. The second kappa shape index (κ2) is 7.70. The fraction of sp³-hybridized carbons (Fsp3) is 0.333. The standard InChI is InChI=1S/C18H23NO2/c1-3-12-21-15-9-7-8-14(13-15)18(19)16-10-5-6-11-17(16)20-4-2/h5-11,13,18H,3-4,12,19H2,1-2H3. The van der Waals surface area contributed by atoms with E-state index in [0.29, 0.717) is 13.2 Å². The minimum absolute atomic E-state index is 0.224. The second-order valence-electron chi connectivity index (χ2n) is 4.87. The molecule has 0 saturated heterocycles. The Balaban J connectivity index is 2.25. The fourth-order valence-corrected chi connectivity index (χ4v) is 2.22. The van der Waals surface area contributed by atoms with Crippen LogP contribution in [0.2, 0.25) is 0 Å². The van der Waals surface area contributed by atoms with Crippen LogP contribution in [0.4, 0.5) is 0 Å². The smallest absolute Gasteiger partial charge is 0.124 e. The number of rotatable bonds is 7. The summed E-state index contributed by atoms with van der Waals surface area (Å²) >= 11 is 0. The van der Waals surface area contributed by atoms with Gasteiger partial charge in [-0.25, -0.2) is 0 Å². The van der Waals surface area contributed by atoms with Crippen LogP contribution < -0.4 is 15.2 Å². The van der Waals surface area contributed by atoms with Crippen LogP contribution in [0, 0.1) is 0 Å². The van der Waals surface area contributed by atoms with Gasteiger partial charge >= 0.3 is 0 Å². The van der Waals surface area contributed by atoms with Crippen molar-refractivity contribution in [3.05, 3.63) is 59.7 Å². The summed E-state index contributed by atoms with van der Waals surface area (Å²) in [4.78, 5) is 0. The molecule has 0 aliphatic rings. The van der Waals surface area contributed by atoms with Crippen molar-refractivity contribution < 1.29 is 9.47 Å². The van der Waals surface area contributed by atoms with Crippen LogP contribution in [0.5, 0.6) is 11.5 Å². The summed E-state index contributed by atoms with van der Waals surface area (Å²) in [6, 6.07) is 15.6. The first kappa shape index (κ1) is 15.4. The molecule has 1 atom stereocenters. The molecule has 2 N–H and O–H groups in total. The van der Waals surface area contributed by atoms with E-state index in [-0.39, 0.29) is 6.04 Å². The molecule has 0 radical (unpaired) electrons. The van der Waals surface area contributed by atoms with E-state index < -0.39 is 0 Å². The van der Waals surface area contributed by atoms with E-state index in [0.717, 1.165) is 29.0 Å². The van der Waals surface area contributed by atoms with Gasteiger partial charge in [-0.15, -0.1) is 0 Å². The van der Waals surface area contributed by atoms with Crippen LogP contribution >= 0.6 is 0 Å². The normalized spacial score (nSPS) is 12.0. The quantitative estimate of drug-likeness (QED) is 0.838. The molecule has 112 valence electrons. The minimum atomic E-state index is -0.224. The lowest BCUT2D eigenvalue weighted by atomic mass is 9.98. The molecule has 0 aliphatic carbocycles. The molecule has 0 aliphatic heterocycles. The van der Waals surface area contributed by atoms with E-state index in [9.17, 15) is 0 Å². The van der Waals surface area contributed by atoms with Gasteiger partial charge in [-0.2, -0.15) is 0 Å². The molecular weight excluding hydrogens is 262 g/mol. The average molecular weight is 285 g/mol. The maximum Gasteiger partial charge on any atom is 0.124 e. The third kappa shape index (κ3) is 3.99.